The van der Waals surface area contributed by atoms with Crippen molar-refractivity contribution in [2.24, 2.45) is 0 Å². The fourth-order valence-corrected chi connectivity index (χ4v) is 1.24. The monoisotopic (exact) mass is 188 g/mol. The summed E-state index contributed by atoms with van der Waals surface area (Å²) in [5, 5.41) is 8.74. The molecule has 78 valence electrons. The number of ether oxygens (including phenoxy) is 1. The van der Waals surface area contributed by atoms with Crippen LogP contribution in [0.5, 0.6) is 0 Å². The quantitative estimate of drug-likeness (QED) is 0.595. The molecule has 13 heavy (non-hydrogen) atoms. The number of hydrogen-bond acceptors (Lipinski definition) is 2. The minimum absolute atomic E-state index is 0.477. The molecule has 0 saturated heterocycles. The minimum atomic E-state index is -0.835. The molecular weight excluding hydrogens is 168 g/mol. The van der Waals surface area contributed by atoms with Gasteiger partial charge in [0.15, 0.2) is 6.10 Å². The second kappa shape index (κ2) is 8.05. The van der Waals surface area contributed by atoms with Crippen molar-refractivity contribution in [2.45, 2.75) is 52.1 Å². The van der Waals surface area contributed by atoms with Gasteiger partial charge >= 0.3 is 5.97 Å². The molecular formula is C10H20O3. The molecule has 0 aromatic rings. The van der Waals surface area contributed by atoms with Gasteiger partial charge in [-0.05, 0) is 13.3 Å². The Balaban J connectivity index is 3.51. The Morgan fingerprint density at radius 3 is 2.46 bits per heavy atom. The second-order valence-electron chi connectivity index (χ2n) is 3.13. The molecule has 0 heterocycles. The van der Waals surface area contributed by atoms with Crippen molar-refractivity contribution in [1.29, 1.82) is 0 Å². The summed E-state index contributed by atoms with van der Waals surface area (Å²) in [5.74, 6) is -0.835. The Morgan fingerprint density at radius 1 is 1.31 bits per heavy atom. The number of carboxylic acids is 1. The Morgan fingerprint density at radius 2 is 2.00 bits per heavy atom. The van der Waals surface area contributed by atoms with E-state index in [0.717, 1.165) is 12.8 Å². The van der Waals surface area contributed by atoms with Gasteiger partial charge in [-0.1, -0.05) is 32.6 Å². The van der Waals surface area contributed by atoms with Gasteiger partial charge in [0.25, 0.3) is 0 Å². The lowest BCUT2D eigenvalue weighted by atomic mass is 10.1. The zero-order valence-electron chi connectivity index (χ0n) is 8.58. The van der Waals surface area contributed by atoms with E-state index in [2.05, 4.69) is 6.92 Å². The van der Waals surface area contributed by atoms with Crippen LogP contribution < -0.4 is 0 Å². The highest BCUT2D eigenvalue weighted by Crippen LogP contribution is 2.08. The highest BCUT2D eigenvalue weighted by atomic mass is 16.5. The lowest BCUT2D eigenvalue weighted by Crippen LogP contribution is -2.23. The molecule has 0 rings (SSSR count). The molecule has 0 spiro atoms. The molecule has 0 aromatic carbocycles. The molecule has 0 saturated carbocycles. The molecule has 1 unspecified atom stereocenters. The van der Waals surface area contributed by atoms with Gasteiger partial charge in [-0.3, -0.25) is 0 Å². The van der Waals surface area contributed by atoms with Gasteiger partial charge in [-0.2, -0.15) is 0 Å². The molecule has 1 N–H and O–H groups in total. The summed E-state index contributed by atoms with van der Waals surface area (Å²) in [4.78, 5) is 10.6. The van der Waals surface area contributed by atoms with Crippen LogP contribution in [-0.4, -0.2) is 23.8 Å². The first-order chi connectivity index (χ1) is 6.22. The van der Waals surface area contributed by atoms with Crippen LogP contribution in [0.3, 0.4) is 0 Å². The number of unbranched alkanes of at least 4 members (excludes halogenated alkanes) is 3. The van der Waals surface area contributed by atoms with Gasteiger partial charge in [0.2, 0.25) is 0 Å². The third-order valence-electron chi connectivity index (χ3n) is 1.96. The first kappa shape index (κ1) is 12.4. The summed E-state index contributed by atoms with van der Waals surface area (Å²) in [6.45, 7) is 4.43. The molecule has 0 aromatic heterocycles. The normalized spacial score (nSPS) is 12.8. The van der Waals surface area contributed by atoms with Crippen LogP contribution in [-0.2, 0) is 9.53 Å². The van der Waals surface area contributed by atoms with Crippen LogP contribution in [0.1, 0.15) is 46.0 Å². The van der Waals surface area contributed by atoms with Crippen LogP contribution in [0.25, 0.3) is 0 Å². The van der Waals surface area contributed by atoms with Gasteiger partial charge < -0.3 is 9.84 Å². The van der Waals surface area contributed by atoms with Gasteiger partial charge in [-0.15, -0.1) is 0 Å². The molecule has 3 heteroatoms. The fraction of sp³-hybridized carbons (Fsp3) is 0.900. The highest BCUT2D eigenvalue weighted by molar-refractivity contribution is 5.72. The Bertz CT molecular complexity index is 134. The average molecular weight is 188 g/mol. The molecule has 0 aliphatic carbocycles. The third-order valence-corrected chi connectivity index (χ3v) is 1.96. The summed E-state index contributed by atoms with van der Waals surface area (Å²) < 4.78 is 5.08. The van der Waals surface area contributed by atoms with Crippen molar-refractivity contribution < 1.29 is 14.6 Å². The Hall–Kier alpha value is -0.570. The molecule has 0 fully saturated rings. The lowest BCUT2D eigenvalue weighted by Gasteiger charge is -2.11. The van der Waals surface area contributed by atoms with Crippen LogP contribution in [0, 0.1) is 0 Å². The van der Waals surface area contributed by atoms with E-state index >= 15 is 0 Å². The zero-order valence-corrected chi connectivity index (χ0v) is 8.58. The summed E-state index contributed by atoms with van der Waals surface area (Å²) in [6, 6.07) is 0. The molecule has 0 radical (unpaired) electrons. The van der Waals surface area contributed by atoms with Gasteiger partial charge in [0.1, 0.15) is 0 Å². The van der Waals surface area contributed by atoms with Crippen LogP contribution in [0.2, 0.25) is 0 Å². The molecule has 3 nitrogen and oxygen atoms in total. The number of rotatable bonds is 8. The third kappa shape index (κ3) is 6.58. The summed E-state index contributed by atoms with van der Waals surface area (Å²) in [6.07, 6.45) is 4.45. The minimum Gasteiger partial charge on any atom is -0.479 e. The van der Waals surface area contributed by atoms with Crippen LogP contribution >= 0.6 is 0 Å². The predicted octanol–water partition coefficient (Wildman–Crippen LogP) is 2.45. The van der Waals surface area contributed by atoms with Crippen molar-refractivity contribution in [3.05, 3.63) is 0 Å². The number of aliphatic carboxylic acids is 1. The molecule has 0 bridgehead atoms. The first-order valence-electron chi connectivity index (χ1n) is 5.06. The molecule has 0 amide bonds. The van der Waals surface area contributed by atoms with Gasteiger partial charge in [0, 0.05) is 6.61 Å². The van der Waals surface area contributed by atoms with Crippen molar-refractivity contribution in [2.75, 3.05) is 6.61 Å². The number of hydrogen-bond donors (Lipinski definition) is 1. The SMILES string of the molecule is CCCCCCC(OCC)C(=O)O. The van der Waals surface area contributed by atoms with E-state index < -0.39 is 12.1 Å². The summed E-state index contributed by atoms with van der Waals surface area (Å²) in [7, 11) is 0. The average Bonchev–Trinajstić information content (AvgIpc) is 2.10. The standard InChI is InChI=1S/C10H20O3/c1-3-5-6-7-8-9(10(11)12)13-4-2/h9H,3-8H2,1-2H3,(H,11,12). The number of carboxylic acid groups (broad SMARTS) is 1. The maximum atomic E-state index is 10.6. The zero-order chi connectivity index (χ0) is 10.1. The van der Waals surface area contributed by atoms with Crippen LogP contribution in [0.15, 0.2) is 0 Å². The largest absolute Gasteiger partial charge is 0.479 e. The molecule has 1 atom stereocenters. The van der Waals surface area contributed by atoms with Crippen molar-refractivity contribution in [3.8, 4) is 0 Å². The highest BCUT2D eigenvalue weighted by Gasteiger charge is 2.15. The molecule has 0 aliphatic heterocycles. The van der Waals surface area contributed by atoms with E-state index in [9.17, 15) is 4.79 Å². The van der Waals surface area contributed by atoms with E-state index in [-0.39, 0.29) is 0 Å². The maximum Gasteiger partial charge on any atom is 0.332 e. The Labute approximate surface area is 80.1 Å². The van der Waals surface area contributed by atoms with Gasteiger partial charge in [-0.25, -0.2) is 4.79 Å². The van der Waals surface area contributed by atoms with Crippen molar-refractivity contribution >= 4 is 5.97 Å². The second-order valence-corrected chi connectivity index (χ2v) is 3.13. The van der Waals surface area contributed by atoms with E-state index in [1.807, 2.05) is 6.92 Å². The Kier molecular flexibility index (Phi) is 7.69. The summed E-state index contributed by atoms with van der Waals surface area (Å²) in [5.41, 5.74) is 0. The van der Waals surface area contributed by atoms with E-state index in [1.165, 1.54) is 12.8 Å². The fourth-order valence-electron chi connectivity index (χ4n) is 1.24. The smallest absolute Gasteiger partial charge is 0.332 e. The van der Waals surface area contributed by atoms with E-state index in [4.69, 9.17) is 9.84 Å². The van der Waals surface area contributed by atoms with Gasteiger partial charge in [0.05, 0.1) is 0 Å². The molecule has 0 aliphatic rings. The maximum absolute atomic E-state index is 10.6. The van der Waals surface area contributed by atoms with E-state index in [0.29, 0.717) is 13.0 Å². The van der Waals surface area contributed by atoms with Crippen molar-refractivity contribution in [1.82, 2.24) is 0 Å². The lowest BCUT2D eigenvalue weighted by molar-refractivity contribution is -0.150. The summed E-state index contributed by atoms with van der Waals surface area (Å²) >= 11 is 0. The van der Waals surface area contributed by atoms with Crippen LogP contribution in [0.4, 0.5) is 0 Å². The number of carbonyl (C=O) groups is 1. The van der Waals surface area contributed by atoms with Crippen molar-refractivity contribution in [3.63, 3.8) is 0 Å². The first-order valence-corrected chi connectivity index (χ1v) is 5.06. The van der Waals surface area contributed by atoms with E-state index in [1.54, 1.807) is 0 Å². The topological polar surface area (TPSA) is 46.5 Å². The predicted molar refractivity (Wildman–Crippen MR) is 51.8 cm³/mol.